The monoisotopic (exact) mass is 268 g/mol. The van der Waals surface area contributed by atoms with Crippen LogP contribution in [0, 0.1) is 18.3 Å². The van der Waals surface area contributed by atoms with Crippen LogP contribution in [-0.4, -0.2) is 23.2 Å². The smallest absolute Gasteiger partial charge is 0.337 e. The second-order valence-corrected chi connectivity index (χ2v) is 4.20. The van der Waals surface area contributed by atoms with Crippen molar-refractivity contribution in [3.63, 3.8) is 0 Å². The van der Waals surface area contributed by atoms with Gasteiger partial charge in [-0.3, -0.25) is 4.98 Å². The predicted octanol–water partition coefficient (Wildman–Crippen LogP) is 2.64. The third kappa shape index (κ3) is 2.45. The number of carboxylic acids is 1. The fraction of sp³-hybridized carbons (Fsp3) is 0.133. The van der Waals surface area contributed by atoms with Crippen LogP contribution in [0.1, 0.15) is 21.6 Å². The number of methoxy groups -OCH3 is 1. The van der Waals surface area contributed by atoms with E-state index in [0.29, 0.717) is 28.1 Å². The fourth-order valence-electron chi connectivity index (χ4n) is 1.94. The van der Waals surface area contributed by atoms with Crippen LogP contribution in [0.4, 0.5) is 0 Å². The highest BCUT2D eigenvalue weighted by atomic mass is 16.5. The quantitative estimate of drug-likeness (QED) is 0.925. The molecule has 1 heterocycles. The van der Waals surface area contributed by atoms with Crippen molar-refractivity contribution < 1.29 is 14.6 Å². The van der Waals surface area contributed by atoms with Crippen molar-refractivity contribution in [2.45, 2.75) is 6.92 Å². The molecule has 0 radical (unpaired) electrons. The van der Waals surface area contributed by atoms with Gasteiger partial charge in [-0.25, -0.2) is 4.79 Å². The van der Waals surface area contributed by atoms with Crippen molar-refractivity contribution in [3.8, 4) is 22.9 Å². The number of hydrogen-bond donors (Lipinski definition) is 1. The lowest BCUT2D eigenvalue weighted by molar-refractivity contribution is 0.0697. The first-order valence-corrected chi connectivity index (χ1v) is 5.85. The van der Waals surface area contributed by atoms with E-state index >= 15 is 0 Å². The van der Waals surface area contributed by atoms with Crippen molar-refractivity contribution in [3.05, 3.63) is 47.3 Å². The summed E-state index contributed by atoms with van der Waals surface area (Å²) in [6.07, 6.45) is 1.31. The summed E-state index contributed by atoms with van der Waals surface area (Å²) in [6.45, 7) is 1.77. The number of pyridine rings is 1. The minimum atomic E-state index is -1.07. The largest absolute Gasteiger partial charge is 0.496 e. The van der Waals surface area contributed by atoms with Crippen molar-refractivity contribution >= 4 is 5.97 Å². The predicted molar refractivity (Wildman–Crippen MR) is 72.6 cm³/mol. The topological polar surface area (TPSA) is 83.2 Å². The Morgan fingerprint density at radius 3 is 2.70 bits per heavy atom. The molecule has 100 valence electrons. The molecule has 0 aliphatic heterocycles. The molecule has 0 aliphatic carbocycles. The molecular weight excluding hydrogens is 256 g/mol. The average Bonchev–Trinajstić information content (AvgIpc) is 2.46. The van der Waals surface area contributed by atoms with E-state index in [9.17, 15) is 9.90 Å². The lowest BCUT2D eigenvalue weighted by Crippen LogP contribution is -2.02. The van der Waals surface area contributed by atoms with Crippen molar-refractivity contribution in [2.24, 2.45) is 0 Å². The van der Waals surface area contributed by atoms with E-state index in [1.165, 1.54) is 13.3 Å². The number of rotatable bonds is 3. The summed E-state index contributed by atoms with van der Waals surface area (Å²) in [5.74, 6) is -0.561. The van der Waals surface area contributed by atoms with Crippen LogP contribution >= 0.6 is 0 Å². The van der Waals surface area contributed by atoms with Crippen LogP contribution in [0.15, 0.2) is 30.5 Å². The van der Waals surface area contributed by atoms with Gasteiger partial charge in [0.15, 0.2) is 0 Å². The van der Waals surface area contributed by atoms with Crippen LogP contribution in [0.3, 0.4) is 0 Å². The fourth-order valence-corrected chi connectivity index (χ4v) is 1.94. The van der Waals surface area contributed by atoms with Gasteiger partial charge in [0.25, 0.3) is 0 Å². The Morgan fingerprint density at radius 2 is 2.10 bits per heavy atom. The average molecular weight is 268 g/mol. The number of aromatic nitrogens is 1. The van der Waals surface area contributed by atoms with Crippen LogP contribution in [0.25, 0.3) is 11.1 Å². The highest BCUT2D eigenvalue weighted by Gasteiger charge is 2.16. The van der Waals surface area contributed by atoms with Crippen LogP contribution in [0.2, 0.25) is 0 Å². The Morgan fingerprint density at radius 1 is 1.35 bits per heavy atom. The minimum Gasteiger partial charge on any atom is -0.496 e. The molecule has 1 N–H and O–H groups in total. The van der Waals surface area contributed by atoms with Gasteiger partial charge in [-0.05, 0) is 31.2 Å². The standard InChI is InChI=1S/C15H12N2O3/c1-9-5-11(13(8-17-9)15(18)19)12-6-10(7-16)3-4-14(12)20-2/h3-6,8H,1-2H3,(H,18,19). The van der Waals surface area contributed by atoms with Gasteiger partial charge in [-0.1, -0.05) is 0 Å². The van der Waals surface area contributed by atoms with E-state index in [1.54, 1.807) is 31.2 Å². The highest BCUT2D eigenvalue weighted by Crippen LogP contribution is 2.33. The summed E-state index contributed by atoms with van der Waals surface area (Å²) < 4.78 is 5.25. The highest BCUT2D eigenvalue weighted by molar-refractivity contribution is 5.96. The number of carboxylic acid groups (broad SMARTS) is 1. The van der Waals surface area contributed by atoms with E-state index in [4.69, 9.17) is 10.00 Å². The van der Waals surface area contributed by atoms with Gasteiger partial charge in [0.05, 0.1) is 24.3 Å². The van der Waals surface area contributed by atoms with Crippen LogP contribution in [-0.2, 0) is 0 Å². The number of aryl methyl sites for hydroxylation is 1. The first-order valence-electron chi connectivity index (χ1n) is 5.85. The molecule has 2 rings (SSSR count). The lowest BCUT2D eigenvalue weighted by Gasteiger charge is -2.12. The molecule has 1 aromatic heterocycles. The van der Waals surface area contributed by atoms with Gasteiger partial charge in [0.2, 0.25) is 0 Å². The molecule has 1 aromatic carbocycles. The Bertz CT molecular complexity index is 718. The second-order valence-electron chi connectivity index (χ2n) is 4.20. The Hall–Kier alpha value is -2.87. The summed E-state index contributed by atoms with van der Waals surface area (Å²) in [5.41, 5.74) is 2.25. The Kier molecular flexibility index (Phi) is 3.67. The van der Waals surface area contributed by atoms with Gasteiger partial charge in [-0.15, -0.1) is 0 Å². The zero-order valence-corrected chi connectivity index (χ0v) is 11.0. The van der Waals surface area contributed by atoms with Crippen LogP contribution in [0.5, 0.6) is 5.75 Å². The number of carbonyl (C=O) groups is 1. The summed E-state index contributed by atoms with van der Waals surface area (Å²) in [5, 5.41) is 18.2. The maximum Gasteiger partial charge on any atom is 0.337 e. The van der Waals surface area contributed by atoms with Crippen molar-refractivity contribution in [2.75, 3.05) is 7.11 Å². The maximum absolute atomic E-state index is 11.3. The minimum absolute atomic E-state index is 0.0731. The third-order valence-corrected chi connectivity index (χ3v) is 2.89. The van der Waals surface area contributed by atoms with Crippen molar-refractivity contribution in [1.29, 1.82) is 5.26 Å². The number of benzene rings is 1. The number of nitriles is 1. The second kappa shape index (κ2) is 5.41. The van der Waals surface area contributed by atoms with E-state index < -0.39 is 5.97 Å². The van der Waals surface area contributed by atoms with Gasteiger partial charge >= 0.3 is 5.97 Å². The lowest BCUT2D eigenvalue weighted by atomic mass is 9.98. The molecule has 0 unspecified atom stereocenters. The number of aromatic carboxylic acids is 1. The molecule has 0 amide bonds. The third-order valence-electron chi connectivity index (χ3n) is 2.89. The molecule has 0 saturated carbocycles. The van der Waals surface area contributed by atoms with Crippen LogP contribution < -0.4 is 4.74 Å². The molecule has 0 atom stereocenters. The number of nitrogens with zero attached hydrogens (tertiary/aromatic N) is 2. The van der Waals surface area contributed by atoms with Crippen molar-refractivity contribution in [1.82, 2.24) is 4.98 Å². The van der Waals surface area contributed by atoms with E-state index in [-0.39, 0.29) is 5.56 Å². The SMILES string of the molecule is COc1ccc(C#N)cc1-c1cc(C)ncc1C(=O)O. The van der Waals surface area contributed by atoms with Gasteiger partial charge < -0.3 is 9.84 Å². The molecule has 2 aromatic rings. The molecule has 0 saturated heterocycles. The van der Waals surface area contributed by atoms with Gasteiger partial charge in [0, 0.05) is 23.0 Å². The first kappa shape index (κ1) is 13.6. The van der Waals surface area contributed by atoms with E-state index in [1.807, 2.05) is 6.07 Å². The van der Waals surface area contributed by atoms with Gasteiger partial charge in [-0.2, -0.15) is 5.26 Å². The first-order chi connectivity index (χ1) is 9.56. The molecule has 5 heteroatoms. The van der Waals surface area contributed by atoms with Gasteiger partial charge in [0.1, 0.15) is 5.75 Å². The molecule has 20 heavy (non-hydrogen) atoms. The molecule has 0 fully saturated rings. The number of hydrogen-bond acceptors (Lipinski definition) is 4. The summed E-state index contributed by atoms with van der Waals surface area (Å²) in [4.78, 5) is 15.3. The normalized spacial score (nSPS) is 9.85. The summed E-state index contributed by atoms with van der Waals surface area (Å²) >= 11 is 0. The molecule has 0 bridgehead atoms. The summed E-state index contributed by atoms with van der Waals surface area (Å²) in [7, 11) is 1.50. The molecule has 5 nitrogen and oxygen atoms in total. The van der Waals surface area contributed by atoms with E-state index in [0.717, 1.165) is 0 Å². The maximum atomic E-state index is 11.3. The zero-order valence-electron chi connectivity index (χ0n) is 11.0. The van der Waals surface area contributed by atoms with E-state index in [2.05, 4.69) is 4.98 Å². The molecule has 0 aliphatic rings. The summed E-state index contributed by atoms with van der Waals surface area (Å²) in [6, 6.07) is 8.58. The molecular formula is C15H12N2O3. The Balaban J connectivity index is 2.76. The molecule has 0 spiro atoms. The zero-order chi connectivity index (χ0) is 14.7. The Labute approximate surface area is 116 Å². The number of ether oxygens (including phenoxy) is 1.